The number of hydrogen-bond acceptors (Lipinski definition) is 3. The maximum atomic E-state index is 4.83. The first-order valence-electron chi connectivity index (χ1n) is 2.16. The van der Waals surface area contributed by atoms with Crippen LogP contribution in [0.3, 0.4) is 0 Å². The second kappa shape index (κ2) is 2.11. The number of hydrogen-bond donors (Lipinski definition) is 2. The van der Waals surface area contributed by atoms with Crippen LogP contribution >= 0.6 is 0 Å². The van der Waals surface area contributed by atoms with Gasteiger partial charge in [-0.1, -0.05) is 0 Å². The molecule has 4 heteroatoms. The van der Waals surface area contributed by atoms with E-state index >= 15 is 0 Å². The predicted octanol–water partition coefficient (Wildman–Crippen LogP) is -0.298. The molecule has 0 bridgehead atoms. The number of aromatic nitrogens is 2. The highest BCUT2D eigenvalue weighted by Gasteiger charge is 1.82. The Morgan fingerprint density at radius 3 is 3.25 bits per heavy atom. The Bertz CT molecular complexity index is 164. The molecule has 1 heterocycles. The Morgan fingerprint density at radius 1 is 1.88 bits per heavy atom. The summed E-state index contributed by atoms with van der Waals surface area (Å²) in [5.74, 6) is 5.50. The molecular weight excluding hydrogens is 104 g/mol. The largest absolute Gasteiger partial charge is 0.344 e. The van der Waals surface area contributed by atoms with Crippen LogP contribution in [0.5, 0.6) is 0 Å². The first-order valence-corrected chi connectivity index (χ1v) is 2.16. The van der Waals surface area contributed by atoms with E-state index in [1.54, 1.807) is 12.4 Å². The SMILES string of the molecule is NN=Cc1ncc[nH]1. The van der Waals surface area contributed by atoms with Crippen LogP contribution in [-0.4, -0.2) is 16.2 Å². The molecule has 42 valence electrons. The molecule has 4 nitrogen and oxygen atoms in total. The van der Waals surface area contributed by atoms with Crippen molar-refractivity contribution in [2.75, 3.05) is 0 Å². The fourth-order valence-corrected chi connectivity index (χ4v) is 0.419. The zero-order chi connectivity index (χ0) is 5.82. The monoisotopic (exact) mass is 110 g/mol. The predicted molar refractivity (Wildman–Crippen MR) is 30.4 cm³/mol. The lowest BCUT2D eigenvalue weighted by atomic mass is 10.7. The molecule has 1 aromatic rings. The highest BCUT2D eigenvalue weighted by Crippen LogP contribution is 1.79. The van der Waals surface area contributed by atoms with Crippen LogP contribution in [0.1, 0.15) is 5.82 Å². The molecule has 0 aliphatic rings. The molecule has 0 fully saturated rings. The van der Waals surface area contributed by atoms with E-state index in [-0.39, 0.29) is 0 Å². The molecule has 0 saturated carbocycles. The van der Waals surface area contributed by atoms with Gasteiger partial charge in [0.1, 0.15) is 5.82 Å². The van der Waals surface area contributed by atoms with Gasteiger partial charge in [-0.2, -0.15) is 5.10 Å². The molecule has 0 aliphatic heterocycles. The maximum Gasteiger partial charge on any atom is 0.150 e. The second-order valence-electron chi connectivity index (χ2n) is 1.25. The number of aromatic amines is 1. The van der Waals surface area contributed by atoms with Gasteiger partial charge in [0, 0.05) is 12.4 Å². The molecule has 0 atom stereocenters. The van der Waals surface area contributed by atoms with Gasteiger partial charge in [0.05, 0.1) is 6.21 Å². The van der Waals surface area contributed by atoms with Gasteiger partial charge < -0.3 is 10.8 Å². The summed E-state index contributed by atoms with van der Waals surface area (Å²) < 4.78 is 0. The average Bonchev–Trinajstić information content (AvgIpc) is 2.19. The molecule has 0 saturated heterocycles. The van der Waals surface area contributed by atoms with Gasteiger partial charge in [-0.15, -0.1) is 0 Å². The maximum absolute atomic E-state index is 4.83. The smallest absolute Gasteiger partial charge is 0.150 e. The van der Waals surface area contributed by atoms with Gasteiger partial charge in [-0.25, -0.2) is 4.98 Å². The van der Waals surface area contributed by atoms with Gasteiger partial charge >= 0.3 is 0 Å². The highest BCUT2D eigenvalue weighted by atomic mass is 15.1. The van der Waals surface area contributed by atoms with Crippen molar-refractivity contribution in [1.82, 2.24) is 9.97 Å². The van der Waals surface area contributed by atoms with Gasteiger partial charge in [-0.3, -0.25) is 0 Å². The fraction of sp³-hybridized carbons (Fsp3) is 0. The normalized spacial score (nSPS) is 10.5. The van der Waals surface area contributed by atoms with E-state index in [1.165, 1.54) is 6.21 Å². The minimum Gasteiger partial charge on any atom is -0.344 e. The molecule has 0 spiro atoms. The molecule has 8 heavy (non-hydrogen) atoms. The molecule has 0 radical (unpaired) electrons. The van der Waals surface area contributed by atoms with Crippen LogP contribution in [0.4, 0.5) is 0 Å². The Hall–Kier alpha value is -1.32. The Balaban J connectivity index is 2.77. The number of rotatable bonds is 1. The van der Waals surface area contributed by atoms with Gasteiger partial charge in [0.15, 0.2) is 0 Å². The quantitative estimate of drug-likeness (QED) is 0.296. The molecule has 1 aromatic heterocycles. The number of nitrogens with one attached hydrogen (secondary N) is 1. The highest BCUT2D eigenvalue weighted by molar-refractivity contribution is 5.73. The lowest BCUT2D eigenvalue weighted by Gasteiger charge is -1.75. The van der Waals surface area contributed by atoms with Crippen molar-refractivity contribution in [3.8, 4) is 0 Å². The van der Waals surface area contributed by atoms with Gasteiger partial charge in [-0.05, 0) is 0 Å². The van der Waals surface area contributed by atoms with Gasteiger partial charge in [0.2, 0.25) is 0 Å². The van der Waals surface area contributed by atoms with E-state index in [0.717, 1.165) is 0 Å². The number of nitrogens with zero attached hydrogens (tertiary/aromatic N) is 2. The van der Waals surface area contributed by atoms with E-state index in [1.807, 2.05) is 0 Å². The Labute approximate surface area is 46.4 Å². The Kier molecular flexibility index (Phi) is 1.27. The second-order valence-corrected chi connectivity index (χ2v) is 1.25. The van der Waals surface area contributed by atoms with Crippen molar-refractivity contribution in [3.05, 3.63) is 18.2 Å². The van der Waals surface area contributed by atoms with E-state index < -0.39 is 0 Å². The van der Waals surface area contributed by atoms with Crippen LogP contribution in [0, 0.1) is 0 Å². The minimum absolute atomic E-state index is 0.674. The summed E-state index contributed by atoms with van der Waals surface area (Å²) in [6, 6.07) is 0. The van der Waals surface area contributed by atoms with Crippen LogP contribution < -0.4 is 5.84 Å². The number of nitrogens with two attached hydrogens (primary N) is 1. The third-order valence-electron chi connectivity index (χ3n) is 0.716. The van der Waals surface area contributed by atoms with Crippen molar-refractivity contribution in [2.24, 2.45) is 10.9 Å². The Morgan fingerprint density at radius 2 is 2.75 bits per heavy atom. The molecule has 0 aromatic carbocycles. The lowest BCUT2D eigenvalue weighted by Crippen LogP contribution is -1.87. The summed E-state index contributed by atoms with van der Waals surface area (Å²) in [6.45, 7) is 0. The third kappa shape index (κ3) is 0.841. The van der Waals surface area contributed by atoms with E-state index in [4.69, 9.17) is 5.84 Å². The van der Waals surface area contributed by atoms with Crippen molar-refractivity contribution >= 4 is 6.21 Å². The van der Waals surface area contributed by atoms with Gasteiger partial charge in [0.25, 0.3) is 0 Å². The summed E-state index contributed by atoms with van der Waals surface area (Å²) in [6.07, 6.45) is 4.79. The number of imidazole rings is 1. The first-order chi connectivity index (χ1) is 3.93. The van der Waals surface area contributed by atoms with Crippen LogP contribution in [0.2, 0.25) is 0 Å². The van der Waals surface area contributed by atoms with Crippen LogP contribution in [0.25, 0.3) is 0 Å². The molecular formula is C4H6N4. The summed E-state index contributed by atoms with van der Waals surface area (Å²) in [4.78, 5) is 6.62. The van der Waals surface area contributed by atoms with E-state index in [2.05, 4.69) is 15.1 Å². The van der Waals surface area contributed by atoms with Crippen LogP contribution in [-0.2, 0) is 0 Å². The summed E-state index contributed by atoms with van der Waals surface area (Å²) in [5.41, 5.74) is 0. The first kappa shape index (κ1) is 4.83. The molecule has 0 amide bonds. The van der Waals surface area contributed by atoms with E-state index in [9.17, 15) is 0 Å². The fourth-order valence-electron chi connectivity index (χ4n) is 0.419. The van der Waals surface area contributed by atoms with E-state index in [0.29, 0.717) is 5.82 Å². The minimum atomic E-state index is 0.674. The van der Waals surface area contributed by atoms with Crippen molar-refractivity contribution in [2.45, 2.75) is 0 Å². The van der Waals surface area contributed by atoms with Crippen molar-refractivity contribution in [1.29, 1.82) is 0 Å². The molecule has 0 aliphatic carbocycles. The number of H-pyrrole nitrogens is 1. The zero-order valence-corrected chi connectivity index (χ0v) is 4.20. The molecule has 1 rings (SSSR count). The lowest BCUT2D eigenvalue weighted by molar-refractivity contribution is 1.22. The van der Waals surface area contributed by atoms with Crippen molar-refractivity contribution in [3.63, 3.8) is 0 Å². The average molecular weight is 110 g/mol. The third-order valence-corrected chi connectivity index (χ3v) is 0.716. The summed E-state index contributed by atoms with van der Waals surface area (Å²) in [5, 5.41) is 3.26. The van der Waals surface area contributed by atoms with Crippen LogP contribution in [0.15, 0.2) is 17.5 Å². The molecule has 0 unspecified atom stereocenters. The zero-order valence-electron chi connectivity index (χ0n) is 4.20. The molecule has 3 N–H and O–H groups in total. The van der Waals surface area contributed by atoms with Crippen molar-refractivity contribution < 1.29 is 0 Å². The summed E-state index contributed by atoms with van der Waals surface area (Å²) >= 11 is 0. The topological polar surface area (TPSA) is 67.1 Å². The summed E-state index contributed by atoms with van der Waals surface area (Å²) in [7, 11) is 0. The standard InChI is InChI=1S/C4H6N4/c5-8-3-4-6-1-2-7-4/h1-3H,5H2,(H,6,7). The number of hydrazone groups is 1.